The van der Waals surface area contributed by atoms with Crippen molar-refractivity contribution in [2.75, 3.05) is 12.3 Å². The standard InChI is InChI=1S/C32H32N4O4/c33-32-27-17-16-26(36(27)35-22-34-32)29-31(39-20-25-14-8-3-9-15-25)30(38-19-24-12-6-2-7-13-24)28(40-29)21-37-18-23-10-4-1-5-11-23/h1-17,22,28-31H,18-21H2,(H2,33,34,35)/t28-,29?,30-,31-/m1/s1. The molecule has 0 bridgehead atoms. The summed E-state index contributed by atoms with van der Waals surface area (Å²) in [6.45, 7) is 1.65. The fourth-order valence-corrected chi connectivity index (χ4v) is 5.07. The van der Waals surface area contributed by atoms with Crippen LogP contribution in [0.3, 0.4) is 0 Å². The first-order valence-electron chi connectivity index (χ1n) is 13.4. The maximum absolute atomic E-state index is 6.70. The third-order valence-electron chi connectivity index (χ3n) is 7.08. The molecule has 40 heavy (non-hydrogen) atoms. The lowest BCUT2D eigenvalue weighted by molar-refractivity contribution is -0.0898. The maximum atomic E-state index is 6.70. The lowest BCUT2D eigenvalue weighted by atomic mass is 10.0. The Morgan fingerprint density at radius 2 is 1.27 bits per heavy atom. The quantitative estimate of drug-likeness (QED) is 0.250. The fraction of sp³-hybridized carbons (Fsp3) is 0.250. The molecule has 0 saturated carbocycles. The second kappa shape index (κ2) is 12.4. The zero-order chi connectivity index (χ0) is 27.1. The van der Waals surface area contributed by atoms with Crippen LogP contribution >= 0.6 is 0 Å². The molecule has 1 saturated heterocycles. The Balaban J connectivity index is 1.29. The average molecular weight is 537 g/mol. The molecule has 1 aliphatic rings. The molecule has 3 heterocycles. The van der Waals surface area contributed by atoms with Gasteiger partial charge in [-0.25, -0.2) is 9.50 Å². The molecule has 1 fully saturated rings. The van der Waals surface area contributed by atoms with Crippen molar-refractivity contribution >= 4 is 11.3 Å². The highest BCUT2D eigenvalue weighted by Crippen LogP contribution is 2.39. The molecule has 1 unspecified atom stereocenters. The topological polar surface area (TPSA) is 93.1 Å². The molecule has 5 aromatic rings. The van der Waals surface area contributed by atoms with Crippen molar-refractivity contribution in [2.45, 2.75) is 44.2 Å². The summed E-state index contributed by atoms with van der Waals surface area (Å²) in [5, 5.41) is 4.46. The number of fused-ring (bicyclic) bond motifs is 1. The van der Waals surface area contributed by atoms with Crippen LogP contribution in [-0.2, 0) is 38.8 Å². The Morgan fingerprint density at radius 1 is 0.700 bits per heavy atom. The summed E-state index contributed by atoms with van der Waals surface area (Å²) in [7, 11) is 0. The number of nitrogen functional groups attached to an aromatic ring is 1. The van der Waals surface area contributed by atoms with Gasteiger partial charge in [-0.2, -0.15) is 5.10 Å². The zero-order valence-electron chi connectivity index (χ0n) is 22.1. The first kappa shape index (κ1) is 26.2. The van der Waals surface area contributed by atoms with Crippen molar-refractivity contribution in [3.05, 3.63) is 132 Å². The van der Waals surface area contributed by atoms with Gasteiger partial charge in [0.2, 0.25) is 0 Å². The second-order valence-corrected chi connectivity index (χ2v) is 9.82. The van der Waals surface area contributed by atoms with Crippen molar-refractivity contribution in [2.24, 2.45) is 0 Å². The Hall–Kier alpha value is -4.08. The van der Waals surface area contributed by atoms with Crippen molar-refractivity contribution in [3.8, 4) is 0 Å². The number of anilines is 1. The van der Waals surface area contributed by atoms with Crippen LogP contribution in [0.4, 0.5) is 5.82 Å². The summed E-state index contributed by atoms with van der Waals surface area (Å²) in [5.41, 5.74) is 10.9. The number of nitrogens with two attached hydrogens (primary N) is 1. The molecule has 1 aliphatic heterocycles. The molecular formula is C32H32N4O4. The smallest absolute Gasteiger partial charge is 0.151 e. The monoisotopic (exact) mass is 536 g/mol. The summed E-state index contributed by atoms with van der Waals surface area (Å²) in [5.74, 6) is 0.403. The lowest BCUT2D eigenvalue weighted by Crippen LogP contribution is -2.38. The minimum atomic E-state index is -0.466. The van der Waals surface area contributed by atoms with Crippen molar-refractivity contribution in [1.29, 1.82) is 0 Å². The molecule has 2 N–H and O–H groups in total. The van der Waals surface area contributed by atoms with Gasteiger partial charge in [-0.05, 0) is 28.8 Å². The molecule has 0 radical (unpaired) electrons. The molecule has 0 aliphatic carbocycles. The van der Waals surface area contributed by atoms with E-state index in [1.165, 1.54) is 6.33 Å². The summed E-state index contributed by atoms with van der Waals surface area (Å²) in [4.78, 5) is 4.13. The van der Waals surface area contributed by atoms with E-state index in [0.29, 0.717) is 37.8 Å². The Labute approximate surface area is 233 Å². The van der Waals surface area contributed by atoms with E-state index in [2.05, 4.69) is 10.1 Å². The molecule has 8 heteroatoms. The minimum Gasteiger partial charge on any atom is -0.382 e. The van der Waals surface area contributed by atoms with Crippen LogP contribution in [0, 0.1) is 0 Å². The number of ether oxygens (including phenoxy) is 4. The van der Waals surface area contributed by atoms with Gasteiger partial charge >= 0.3 is 0 Å². The molecular weight excluding hydrogens is 504 g/mol. The molecule has 2 aromatic heterocycles. The highest BCUT2D eigenvalue weighted by molar-refractivity contribution is 5.65. The van der Waals surface area contributed by atoms with Gasteiger partial charge in [-0.3, -0.25) is 0 Å². The van der Waals surface area contributed by atoms with E-state index in [1.54, 1.807) is 4.52 Å². The zero-order valence-corrected chi connectivity index (χ0v) is 22.1. The van der Waals surface area contributed by atoms with E-state index in [1.807, 2.05) is 103 Å². The Morgan fingerprint density at radius 3 is 1.90 bits per heavy atom. The summed E-state index contributed by atoms with van der Waals surface area (Å²) >= 11 is 0. The number of hydrogen-bond acceptors (Lipinski definition) is 7. The maximum Gasteiger partial charge on any atom is 0.151 e. The minimum absolute atomic E-state index is 0.344. The van der Waals surface area contributed by atoms with Crippen LogP contribution in [0.15, 0.2) is 109 Å². The van der Waals surface area contributed by atoms with E-state index in [4.69, 9.17) is 24.7 Å². The van der Waals surface area contributed by atoms with Gasteiger partial charge in [0.25, 0.3) is 0 Å². The van der Waals surface area contributed by atoms with Gasteiger partial charge in [-0.1, -0.05) is 91.0 Å². The highest BCUT2D eigenvalue weighted by atomic mass is 16.6. The molecule has 0 spiro atoms. The van der Waals surface area contributed by atoms with Crippen LogP contribution in [-0.4, -0.2) is 39.5 Å². The number of aromatic nitrogens is 3. The normalized spacial score (nSPS) is 20.7. The third-order valence-corrected chi connectivity index (χ3v) is 7.08. The summed E-state index contributed by atoms with van der Waals surface area (Å²) < 4.78 is 27.8. The fourth-order valence-electron chi connectivity index (χ4n) is 5.07. The van der Waals surface area contributed by atoms with Crippen LogP contribution in [0.5, 0.6) is 0 Å². The van der Waals surface area contributed by atoms with Gasteiger partial charge < -0.3 is 24.7 Å². The Bertz CT molecular complexity index is 1500. The first-order chi connectivity index (χ1) is 19.8. The van der Waals surface area contributed by atoms with Crippen LogP contribution < -0.4 is 5.73 Å². The van der Waals surface area contributed by atoms with Gasteiger partial charge in [0, 0.05) is 0 Å². The van der Waals surface area contributed by atoms with E-state index in [9.17, 15) is 0 Å². The predicted molar refractivity (Wildman–Crippen MR) is 151 cm³/mol. The van der Waals surface area contributed by atoms with Gasteiger partial charge in [0.05, 0.1) is 32.1 Å². The number of rotatable bonds is 11. The SMILES string of the molecule is Nc1ncnn2c(C3O[C@H](COCc4ccccc4)[C@@H](OCc4ccccc4)[C@@H]3OCc3ccccc3)ccc12. The number of hydrogen-bond donors (Lipinski definition) is 1. The predicted octanol–water partition coefficient (Wildman–Crippen LogP) is 5.14. The molecule has 6 rings (SSSR count). The second-order valence-electron chi connectivity index (χ2n) is 9.82. The van der Waals surface area contributed by atoms with Gasteiger partial charge in [0.15, 0.2) is 5.82 Å². The number of benzene rings is 3. The molecule has 3 aromatic carbocycles. The Kier molecular flexibility index (Phi) is 8.11. The largest absolute Gasteiger partial charge is 0.382 e. The summed E-state index contributed by atoms with van der Waals surface area (Å²) in [6, 6.07) is 34.2. The van der Waals surface area contributed by atoms with Crippen LogP contribution in [0.1, 0.15) is 28.5 Å². The first-order valence-corrected chi connectivity index (χ1v) is 13.4. The van der Waals surface area contributed by atoms with Crippen molar-refractivity contribution in [1.82, 2.24) is 14.6 Å². The highest BCUT2D eigenvalue weighted by Gasteiger charge is 2.48. The van der Waals surface area contributed by atoms with E-state index in [0.717, 1.165) is 22.4 Å². The van der Waals surface area contributed by atoms with Crippen LogP contribution in [0.2, 0.25) is 0 Å². The summed E-state index contributed by atoms with van der Waals surface area (Å²) in [6.07, 6.45) is -0.211. The van der Waals surface area contributed by atoms with Crippen molar-refractivity contribution < 1.29 is 18.9 Å². The molecule has 4 atom stereocenters. The van der Waals surface area contributed by atoms with E-state index in [-0.39, 0.29) is 6.10 Å². The van der Waals surface area contributed by atoms with Crippen LogP contribution in [0.25, 0.3) is 5.52 Å². The van der Waals surface area contributed by atoms with E-state index >= 15 is 0 Å². The van der Waals surface area contributed by atoms with Gasteiger partial charge in [-0.15, -0.1) is 0 Å². The van der Waals surface area contributed by atoms with E-state index < -0.39 is 18.3 Å². The molecule has 0 amide bonds. The average Bonchev–Trinajstić information content (AvgIpc) is 3.58. The number of nitrogens with zero attached hydrogens (tertiary/aromatic N) is 3. The van der Waals surface area contributed by atoms with Gasteiger partial charge in [0.1, 0.15) is 36.3 Å². The lowest BCUT2D eigenvalue weighted by Gasteiger charge is -2.25. The molecule has 204 valence electrons. The molecule has 8 nitrogen and oxygen atoms in total. The third kappa shape index (κ3) is 5.90. The van der Waals surface area contributed by atoms with Crippen molar-refractivity contribution in [3.63, 3.8) is 0 Å².